The molecule has 58 valence electrons. The van der Waals surface area contributed by atoms with Crippen molar-refractivity contribution in [2.45, 2.75) is 6.92 Å². The van der Waals surface area contributed by atoms with Gasteiger partial charge in [0.2, 0.25) is 0 Å². The van der Waals surface area contributed by atoms with E-state index in [1.807, 2.05) is 18.4 Å². The minimum Gasteiger partial charge on any atom is -0.260 e. The summed E-state index contributed by atoms with van der Waals surface area (Å²) in [4.78, 5) is 4.16. The van der Waals surface area contributed by atoms with Crippen LogP contribution in [0.25, 0.3) is 10.1 Å². The molecule has 0 N–H and O–H groups in total. The molecule has 0 bridgehead atoms. The van der Waals surface area contributed by atoms with E-state index in [0.717, 1.165) is 21.3 Å². The molecular formula is C9H6N2S. The van der Waals surface area contributed by atoms with Gasteiger partial charge in [-0.25, -0.2) is 0 Å². The van der Waals surface area contributed by atoms with Crippen LogP contribution in [0.5, 0.6) is 0 Å². The lowest BCUT2D eigenvalue weighted by Gasteiger charge is -1.92. The summed E-state index contributed by atoms with van der Waals surface area (Å²) < 4.78 is 1.12. The van der Waals surface area contributed by atoms with Gasteiger partial charge in [-0.05, 0) is 13.0 Å². The fraction of sp³-hybridized carbons (Fsp3) is 0.111. The van der Waals surface area contributed by atoms with Crippen molar-refractivity contribution in [1.82, 2.24) is 4.98 Å². The van der Waals surface area contributed by atoms with Crippen molar-refractivity contribution in [3.63, 3.8) is 0 Å². The van der Waals surface area contributed by atoms with Crippen LogP contribution in [-0.2, 0) is 0 Å². The Bertz CT molecular complexity index is 465. The summed E-state index contributed by atoms with van der Waals surface area (Å²) in [6, 6.07) is 4.05. The van der Waals surface area contributed by atoms with Crippen molar-refractivity contribution in [2.75, 3.05) is 0 Å². The molecule has 0 aliphatic heterocycles. The van der Waals surface area contributed by atoms with E-state index in [4.69, 9.17) is 5.26 Å². The Morgan fingerprint density at radius 3 is 3.17 bits per heavy atom. The smallest absolute Gasteiger partial charge is 0.101 e. The SMILES string of the molecule is Cc1nccc2c(C#N)csc12. The number of aromatic nitrogens is 1. The average molecular weight is 174 g/mol. The molecule has 0 radical (unpaired) electrons. The third-order valence-corrected chi connectivity index (χ3v) is 2.89. The zero-order valence-electron chi connectivity index (χ0n) is 6.53. The standard InChI is InChI=1S/C9H6N2S/c1-6-9-8(2-3-11-6)7(4-10)5-12-9/h2-3,5H,1H3. The topological polar surface area (TPSA) is 36.7 Å². The molecule has 0 aliphatic rings. The lowest BCUT2D eigenvalue weighted by atomic mass is 10.2. The molecule has 2 rings (SSSR count). The Balaban J connectivity index is 2.91. The molecular weight excluding hydrogens is 168 g/mol. The second kappa shape index (κ2) is 2.58. The highest BCUT2D eigenvalue weighted by Crippen LogP contribution is 2.26. The number of fused-ring (bicyclic) bond motifs is 1. The summed E-state index contributed by atoms with van der Waals surface area (Å²) >= 11 is 1.58. The quantitative estimate of drug-likeness (QED) is 0.615. The van der Waals surface area contributed by atoms with Crippen LogP contribution in [0.1, 0.15) is 11.3 Å². The molecule has 0 saturated heterocycles. The van der Waals surface area contributed by atoms with E-state index in [1.54, 1.807) is 17.5 Å². The maximum absolute atomic E-state index is 8.75. The number of nitrogens with zero attached hydrogens (tertiary/aromatic N) is 2. The summed E-state index contributed by atoms with van der Waals surface area (Å²) in [5.41, 5.74) is 1.75. The first kappa shape index (κ1) is 7.26. The van der Waals surface area contributed by atoms with Gasteiger partial charge in [-0.1, -0.05) is 0 Å². The van der Waals surface area contributed by atoms with Crippen molar-refractivity contribution in [3.8, 4) is 6.07 Å². The molecule has 2 heterocycles. The van der Waals surface area contributed by atoms with Crippen molar-refractivity contribution < 1.29 is 0 Å². The largest absolute Gasteiger partial charge is 0.260 e. The van der Waals surface area contributed by atoms with E-state index >= 15 is 0 Å². The molecule has 0 fully saturated rings. The van der Waals surface area contributed by atoms with Crippen LogP contribution in [0.3, 0.4) is 0 Å². The van der Waals surface area contributed by atoms with Gasteiger partial charge in [0, 0.05) is 17.0 Å². The van der Waals surface area contributed by atoms with Crippen molar-refractivity contribution in [3.05, 3.63) is 28.9 Å². The van der Waals surface area contributed by atoms with E-state index in [2.05, 4.69) is 11.1 Å². The molecule has 0 atom stereocenters. The molecule has 0 spiro atoms. The Labute approximate surface area is 74.1 Å². The van der Waals surface area contributed by atoms with Crippen molar-refractivity contribution >= 4 is 21.4 Å². The number of nitriles is 1. The van der Waals surface area contributed by atoms with Crippen LogP contribution >= 0.6 is 11.3 Å². The maximum Gasteiger partial charge on any atom is 0.101 e. The Morgan fingerprint density at radius 2 is 2.42 bits per heavy atom. The van der Waals surface area contributed by atoms with Crippen LogP contribution < -0.4 is 0 Å². The monoisotopic (exact) mass is 174 g/mol. The minimum absolute atomic E-state index is 0.750. The molecule has 0 amide bonds. The number of hydrogen-bond donors (Lipinski definition) is 0. The molecule has 2 aromatic rings. The first-order valence-corrected chi connectivity index (χ1v) is 4.44. The van der Waals surface area contributed by atoms with E-state index in [9.17, 15) is 0 Å². The van der Waals surface area contributed by atoms with Gasteiger partial charge in [-0.15, -0.1) is 11.3 Å². The second-order valence-electron chi connectivity index (χ2n) is 2.53. The highest BCUT2D eigenvalue weighted by atomic mass is 32.1. The van der Waals surface area contributed by atoms with Gasteiger partial charge in [-0.2, -0.15) is 5.26 Å². The third kappa shape index (κ3) is 0.892. The van der Waals surface area contributed by atoms with E-state index in [1.165, 1.54) is 0 Å². The third-order valence-electron chi connectivity index (χ3n) is 1.79. The Kier molecular flexibility index (Phi) is 1.56. The molecule has 2 aromatic heterocycles. The zero-order valence-corrected chi connectivity index (χ0v) is 7.35. The van der Waals surface area contributed by atoms with Crippen molar-refractivity contribution in [2.24, 2.45) is 0 Å². The minimum atomic E-state index is 0.750. The van der Waals surface area contributed by atoms with Gasteiger partial charge < -0.3 is 0 Å². The highest BCUT2D eigenvalue weighted by molar-refractivity contribution is 7.17. The molecule has 12 heavy (non-hydrogen) atoms. The first-order chi connectivity index (χ1) is 5.83. The second-order valence-corrected chi connectivity index (χ2v) is 3.41. The number of thiophene rings is 1. The van der Waals surface area contributed by atoms with Crippen LogP contribution in [0, 0.1) is 18.3 Å². The van der Waals surface area contributed by atoms with Gasteiger partial charge in [0.15, 0.2) is 0 Å². The fourth-order valence-corrected chi connectivity index (χ4v) is 2.13. The average Bonchev–Trinajstić information content (AvgIpc) is 2.49. The van der Waals surface area contributed by atoms with E-state index in [0.29, 0.717) is 0 Å². The normalized spacial score (nSPS) is 10.0. The van der Waals surface area contributed by atoms with Gasteiger partial charge in [0.05, 0.1) is 16.0 Å². The number of pyridine rings is 1. The van der Waals surface area contributed by atoms with E-state index in [-0.39, 0.29) is 0 Å². The lowest BCUT2D eigenvalue weighted by molar-refractivity contribution is 1.24. The highest BCUT2D eigenvalue weighted by Gasteiger charge is 2.04. The van der Waals surface area contributed by atoms with Crippen molar-refractivity contribution in [1.29, 1.82) is 5.26 Å². The molecule has 2 nitrogen and oxygen atoms in total. The fourth-order valence-electron chi connectivity index (χ4n) is 1.18. The summed E-state index contributed by atoms with van der Waals surface area (Å²) in [7, 11) is 0. The molecule has 0 saturated carbocycles. The summed E-state index contributed by atoms with van der Waals surface area (Å²) in [5.74, 6) is 0. The van der Waals surface area contributed by atoms with Gasteiger partial charge in [0.1, 0.15) is 6.07 Å². The Morgan fingerprint density at radius 1 is 1.58 bits per heavy atom. The van der Waals surface area contributed by atoms with E-state index < -0.39 is 0 Å². The van der Waals surface area contributed by atoms with Crippen LogP contribution in [0.4, 0.5) is 0 Å². The Hall–Kier alpha value is -1.40. The van der Waals surface area contributed by atoms with Crippen LogP contribution in [0.15, 0.2) is 17.6 Å². The maximum atomic E-state index is 8.75. The lowest BCUT2D eigenvalue weighted by Crippen LogP contribution is -1.78. The molecule has 0 aromatic carbocycles. The summed E-state index contributed by atoms with van der Waals surface area (Å²) in [6.45, 7) is 1.96. The molecule has 0 unspecified atom stereocenters. The summed E-state index contributed by atoms with van der Waals surface area (Å²) in [6.07, 6.45) is 1.74. The van der Waals surface area contributed by atoms with Gasteiger partial charge in [0.25, 0.3) is 0 Å². The number of rotatable bonds is 0. The van der Waals surface area contributed by atoms with Crippen LogP contribution in [-0.4, -0.2) is 4.98 Å². The number of hydrogen-bond acceptors (Lipinski definition) is 3. The number of aryl methyl sites for hydroxylation is 1. The molecule has 0 aliphatic carbocycles. The predicted octanol–water partition coefficient (Wildman–Crippen LogP) is 2.48. The zero-order chi connectivity index (χ0) is 8.55. The summed E-state index contributed by atoms with van der Waals surface area (Å²) in [5, 5.41) is 11.6. The van der Waals surface area contributed by atoms with Crippen LogP contribution in [0.2, 0.25) is 0 Å². The molecule has 3 heteroatoms. The van der Waals surface area contributed by atoms with Gasteiger partial charge >= 0.3 is 0 Å². The predicted molar refractivity (Wildman–Crippen MR) is 49.1 cm³/mol. The first-order valence-electron chi connectivity index (χ1n) is 3.56. The van der Waals surface area contributed by atoms with Gasteiger partial charge in [-0.3, -0.25) is 4.98 Å².